The molecule has 1 amide bonds. The Morgan fingerprint density at radius 2 is 2.00 bits per heavy atom. The molecule has 0 spiro atoms. The number of aryl methyl sites for hydroxylation is 1. The molecule has 0 aliphatic carbocycles. The number of rotatable bonds is 7. The van der Waals surface area contributed by atoms with Crippen molar-refractivity contribution in [2.24, 2.45) is 0 Å². The number of aliphatic hydroxyl groups excluding tert-OH is 1. The summed E-state index contributed by atoms with van der Waals surface area (Å²) < 4.78 is 6.66. The number of carbonyl (C=O) groups excluding carboxylic acids is 1. The highest BCUT2D eigenvalue weighted by Crippen LogP contribution is 2.29. The van der Waals surface area contributed by atoms with Crippen molar-refractivity contribution in [2.45, 2.75) is 59.3 Å². The second-order valence-corrected chi connectivity index (χ2v) is 6.07. The van der Waals surface area contributed by atoms with Crippen LogP contribution in [0.25, 0.3) is 0 Å². The van der Waals surface area contributed by atoms with Crippen molar-refractivity contribution >= 4 is 21.8 Å². The minimum Gasteiger partial charge on any atom is -0.480 e. The highest BCUT2D eigenvalue weighted by molar-refractivity contribution is 9.10. The lowest BCUT2D eigenvalue weighted by molar-refractivity contribution is -0.128. The van der Waals surface area contributed by atoms with Crippen LogP contribution in [-0.2, 0) is 11.4 Å². The Balaban J connectivity index is 2.83. The maximum absolute atomic E-state index is 12.1. The predicted molar refractivity (Wildman–Crippen MR) is 87.4 cm³/mol. The van der Waals surface area contributed by atoms with Crippen LogP contribution in [0.4, 0.5) is 0 Å². The molecule has 21 heavy (non-hydrogen) atoms. The maximum atomic E-state index is 12.1. The van der Waals surface area contributed by atoms with Crippen LogP contribution in [0.2, 0.25) is 0 Å². The van der Waals surface area contributed by atoms with Gasteiger partial charge in [0.2, 0.25) is 0 Å². The number of carbonyl (C=O) groups is 1. The lowest BCUT2D eigenvalue weighted by Crippen LogP contribution is -2.42. The van der Waals surface area contributed by atoms with E-state index in [1.807, 2.05) is 26.8 Å². The average molecular weight is 358 g/mol. The van der Waals surface area contributed by atoms with Crippen molar-refractivity contribution in [3.63, 3.8) is 0 Å². The van der Waals surface area contributed by atoms with Gasteiger partial charge in [-0.25, -0.2) is 0 Å². The van der Waals surface area contributed by atoms with Crippen molar-refractivity contribution in [3.05, 3.63) is 27.7 Å². The van der Waals surface area contributed by atoms with Gasteiger partial charge in [-0.05, 0) is 44.4 Å². The molecule has 1 rings (SSSR count). The topological polar surface area (TPSA) is 58.6 Å². The number of benzene rings is 1. The van der Waals surface area contributed by atoms with Gasteiger partial charge in [0, 0.05) is 16.1 Å². The normalized spacial score (nSPS) is 12.3. The van der Waals surface area contributed by atoms with E-state index in [0.29, 0.717) is 11.3 Å². The number of amides is 1. The van der Waals surface area contributed by atoms with E-state index in [2.05, 4.69) is 21.2 Å². The van der Waals surface area contributed by atoms with Crippen LogP contribution < -0.4 is 10.1 Å². The molecule has 118 valence electrons. The average Bonchev–Trinajstić information content (AvgIpc) is 2.46. The number of hydrogen-bond acceptors (Lipinski definition) is 3. The molecule has 5 heteroatoms. The quantitative estimate of drug-likeness (QED) is 0.786. The van der Waals surface area contributed by atoms with Crippen LogP contribution in [0.1, 0.15) is 44.7 Å². The van der Waals surface area contributed by atoms with E-state index in [1.165, 1.54) is 0 Å². The molecule has 4 nitrogen and oxygen atoms in total. The van der Waals surface area contributed by atoms with Gasteiger partial charge in [-0.2, -0.15) is 0 Å². The fourth-order valence-corrected chi connectivity index (χ4v) is 2.75. The Morgan fingerprint density at radius 1 is 1.38 bits per heavy atom. The van der Waals surface area contributed by atoms with Gasteiger partial charge in [0.15, 0.2) is 6.10 Å². The molecule has 0 aliphatic heterocycles. The molecule has 0 saturated heterocycles. The van der Waals surface area contributed by atoms with E-state index < -0.39 is 6.10 Å². The summed E-state index contributed by atoms with van der Waals surface area (Å²) in [5.74, 6) is 0.447. The Labute approximate surface area is 135 Å². The van der Waals surface area contributed by atoms with E-state index in [4.69, 9.17) is 4.74 Å². The Kier molecular flexibility index (Phi) is 7.18. The third kappa shape index (κ3) is 5.00. The lowest BCUT2D eigenvalue weighted by atomic mass is 10.1. The molecule has 1 unspecified atom stereocenters. The van der Waals surface area contributed by atoms with Crippen LogP contribution in [-0.4, -0.2) is 23.2 Å². The summed E-state index contributed by atoms with van der Waals surface area (Å²) in [5, 5.41) is 12.4. The summed E-state index contributed by atoms with van der Waals surface area (Å²) in [6.45, 7) is 7.58. The zero-order valence-electron chi connectivity index (χ0n) is 13.1. The van der Waals surface area contributed by atoms with Gasteiger partial charge in [-0.3, -0.25) is 4.79 Å². The third-order valence-corrected chi connectivity index (χ3v) is 3.94. The highest BCUT2D eigenvalue weighted by Gasteiger charge is 2.19. The molecule has 0 aliphatic rings. The molecule has 1 atom stereocenters. The van der Waals surface area contributed by atoms with Crippen molar-refractivity contribution < 1.29 is 14.6 Å². The van der Waals surface area contributed by atoms with Crippen molar-refractivity contribution in [1.82, 2.24) is 5.32 Å². The number of aliphatic hydroxyl groups is 1. The number of nitrogens with one attached hydrogen (secondary N) is 1. The second kappa shape index (κ2) is 8.39. The first-order valence-corrected chi connectivity index (χ1v) is 8.09. The van der Waals surface area contributed by atoms with Gasteiger partial charge >= 0.3 is 0 Å². The van der Waals surface area contributed by atoms with Crippen LogP contribution in [0, 0.1) is 6.92 Å². The Morgan fingerprint density at radius 3 is 2.52 bits per heavy atom. The summed E-state index contributed by atoms with van der Waals surface area (Å²) in [6.07, 6.45) is 1.19. The van der Waals surface area contributed by atoms with E-state index in [9.17, 15) is 9.90 Å². The van der Waals surface area contributed by atoms with Gasteiger partial charge in [0.25, 0.3) is 5.91 Å². The Bertz CT molecular complexity index is 487. The zero-order chi connectivity index (χ0) is 16.0. The van der Waals surface area contributed by atoms with Crippen LogP contribution >= 0.6 is 15.9 Å². The first-order valence-electron chi connectivity index (χ1n) is 7.29. The zero-order valence-corrected chi connectivity index (χ0v) is 14.7. The number of halogens is 1. The molecule has 0 radical (unpaired) electrons. The SMILES string of the molecule is CCC(CC)NC(=O)C(C)Oc1c(C)cc(Br)cc1CO. The maximum Gasteiger partial charge on any atom is 0.260 e. The molecule has 0 bridgehead atoms. The monoisotopic (exact) mass is 357 g/mol. The van der Waals surface area contributed by atoms with Gasteiger partial charge in [-0.15, -0.1) is 0 Å². The molecular weight excluding hydrogens is 334 g/mol. The van der Waals surface area contributed by atoms with Crippen molar-refractivity contribution in [1.29, 1.82) is 0 Å². The van der Waals surface area contributed by atoms with Gasteiger partial charge in [-0.1, -0.05) is 29.8 Å². The predicted octanol–water partition coefficient (Wildman–Crippen LogP) is 3.32. The minimum atomic E-state index is -0.601. The van der Waals surface area contributed by atoms with E-state index in [0.717, 1.165) is 22.9 Å². The van der Waals surface area contributed by atoms with Crippen LogP contribution in [0.15, 0.2) is 16.6 Å². The first kappa shape index (κ1) is 18.0. The van der Waals surface area contributed by atoms with Gasteiger partial charge in [0.05, 0.1) is 6.61 Å². The van der Waals surface area contributed by atoms with Crippen LogP contribution in [0.5, 0.6) is 5.75 Å². The summed E-state index contributed by atoms with van der Waals surface area (Å²) >= 11 is 3.39. The fraction of sp³-hybridized carbons (Fsp3) is 0.562. The molecule has 0 heterocycles. The smallest absolute Gasteiger partial charge is 0.260 e. The molecule has 1 aromatic carbocycles. The van der Waals surface area contributed by atoms with Crippen molar-refractivity contribution in [3.8, 4) is 5.75 Å². The van der Waals surface area contributed by atoms with E-state index >= 15 is 0 Å². The summed E-state index contributed by atoms with van der Waals surface area (Å²) in [6, 6.07) is 3.88. The molecule has 2 N–H and O–H groups in total. The van der Waals surface area contributed by atoms with E-state index in [1.54, 1.807) is 13.0 Å². The summed E-state index contributed by atoms with van der Waals surface area (Å²) in [7, 11) is 0. The molecule has 0 aromatic heterocycles. The van der Waals surface area contributed by atoms with Crippen molar-refractivity contribution in [2.75, 3.05) is 0 Å². The third-order valence-electron chi connectivity index (χ3n) is 3.48. The van der Waals surface area contributed by atoms with Gasteiger partial charge < -0.3 is 15.2 Å². The lowest BCUT2D eigenvalue weighted by Gasteiger charge is -2.21. The molecular formula is C16H24BrNO3. The summed E-state index contributed by atoms with van der Waals surface area (Å²) in [5.41, 5.74) is 1.56. The Hall–Kier alpha value is -1.07. The molecule has 0 saturated carbocycles. The standard InChI is InChI=1S/C16H24BrNO3/c1-5-14(6-2)18-16(20)11(4)21-15-10(3)7-13(17)8-12(15)9-19/h7-8,11,14,19H,5-6,9H2,1-4H3,(H,18,20). The first-order chi connectivity index (χ1) is 9.92. The highest BCUT2D eigenvalue weighted by atomic mass is 79.9. The summed E-state index contributed by atoms with van der Waals surface area (Å²) in [4.78, 5) is 12.1. The molecule has 0 fully saturated rings. The fourth-order valence-electron chi connectivity index (χ4n) is 2.13. The second-order valence-electron chi connectivity index (χ2n) is 5.15. The molecule has 1 aromatic rings. The minimum absolute atomic E-state index is 0.128. The van der Waals surface area contributed by atoms with E-state index in [-0.39, 0.29) is 18.6 Å². The number of ether oxygens (including phenoxy) is 1. The van der Waals surface area contributed by atoms with Gasteiger partial charge in [0.1, 0.15) is 5.75 Å². The largest absolute Gasteiger partial charge is 0.480 e. The number of hydrogen-bond donors (Lipinski definition) is 2. The van der Waals surface area contributed by atoms with Crippen LogP contribution in [0.3, 0.4) is 0 Å².